The smallest absolute Gasteiger partial charge is 0.175 e. The lowest BCUT2D eigenvalue weighted by atomic mass is 9.84. The first-order valence-corrected chi connectivity index (χ1v) is 9.18. The Balaban J connectivity index is 2.24. The van der Waals surface area contributed by atoms with Crippen LogP contribution in [-0.2, 0) is 22.0 Å². The van der Waals surface area contributed by atoms with Crippen LogP contribution in [0.3, 0.4) is 0 Å². The molecular formula is C17H19NO4S. The molecule has 0 saturated carbocycles. The predicted octanol–water partition coefficient (Wildman–Crippen LogP) is 1.44. The zero-order chi connectivity index (χ0) is 16.7. The van der Waals surface area contributed by atoms with E-state index in [-0.39, 0.29) is 11.5 Å². The first-order valence-electron chi connectivity index (χ1n) is 7.29. The summed E-state index contributed by atoms with van der Waals surface area (Å²) in [4.78, 5) is 0.220. The minimum atomic E-state index is -3.32. The van der Waals surface area contributed by atoms with E-state index in [0.29, 0.717) is 29.0 Å². The fourth-order valence-electron chi connectivity index (χ4n) is 3.00. The summed E-state index contributed by atoms with van der Waals surface area (Å²) in [6.45, 7) is 0.500. The molecule has 1 unspecified atom stereocenters. The van der Waals surface area contributed by atoms with E-state index >= 15 is 0 Å². The zero-order valence-corrected chi connectivity index (χ0v) is 13.9. The average molecular weight is 333 g/mol. The number of hydrogen-bond donors (Lipinski definition) is 2. The van der Waals surface area contributed by atoms with E-state index in [4.69, 9.17) is 4.74 Å². The molecule has 2 aromatic rings. The molecule has 0 aliphatic carbocycles. The number of para-hydroxylation sites is 1. The van der Waals surface area contributed by atoms with Crippen molar-refractivity contribution >= 4 is 9.84 Å². The molecule has 1 aliphatic heterocycles. The van der Waals surface area contributed by atoms with Gasteiger partial charge in [0.05, 0.1) is 4.90 Å². The molecule has 0 amide bonds. The standard InChI is InChI=1S/C17H19NO4S/c1-18-11-17(19)14-8-7-13(23(2,20)21)9-12(14)10-22-16-6-4-3-5-15(16)17/h3-9,18-19H,10-11H2,1-2H3. The zero-order valence-electron chi connectivity index (χ0n) is 13.0. The van der Waals surface area contributed by atoms with Crippen LogP contribution >= 0.6 is 0 Å². The van der Waals surface area contributed by atoms with Gasteiger partial charge in [-0.25, -0.2) is 8.42 Å². The highest BCUT2D eigenvalue weighted by atomic mass is 32.2. The lowest BCUT2D eigenvalue weighted by Gasteiger charge is -2.29. The van der Waals surface area contributed by atoms with Crippen LogP contribution in [0.4, 0.5) is 0 Å². The molecule has 3 rings (SSSR count). The molecule has 0 bridgehead atoms. The molecule has 2 N–H and O–H groups in total. The second kappa shape index (κ2) is 5.63. The Morgan fingerprint density at radius 3 is 2.65 bits per heavy atom. The first kappa shape index (κ1) is 16.0. The van der Waals surface area contributed by atoms with Gasteiger partial charge < -0.3 is 15.2 Å². The van der Waals surface area contributed by atoms with Crippen LogP contribution < -0.4 is 10.1 Å². The Kier molecular flexibility index (Phi) is 3.91. The number of aliphatic hydroxyl groups is 1. The maximum absolute atomic E-state index is 11.8. The summed E-state index contributed by atoms with van der Waals surface area (Å²) in [6, 6.07) is 12.1. The molecule has 1 aliphatic rings. The van der Waals surface area contributed by atoms with E-state index < -0.39 is 15.4 Å². The van der Waals surface area contributed by atoms with Crippen molar-refractivity contribution in [2.24, 2.45) is 0 Å². The topological polar surface area (TPSA) is 75.6 Å². The fraction of sp³-hybridized carbons (Fsp3) is 0.294. The van der Waals surface area contributed by atoms with E-state index in [2.05, 4.69) is 5.32 Å². The van der Waals surface area contributed by atoms with Crippen LogP contribution in [0.2, 0.25) is 0 Å². The number of nitrogens with one attached hydrogen (secondary N) is 1. The summed E-state index contributed by atoms with van der Waals surface area (Å²) in [5.74, 6) is 0.599. The van der Waals surface area contributed by atoms with Gasteiger partial charge in [0, 0.05) is 18.4 Å². The normalized spacial score (nSPS) is 20.1. The largest absolute Gasteiger partial charge is 0.488 e. The predicted molar refractivity (Wildman–Crippen MR) is 87.3 cm³/mol. The Labute approximate surface area is 135 Å². The third-order valence-electron chi connectivity index (χ3n) is 4.10. The monoisotopic (exact) mass is 333 g/mol. The van der Waals surface area contributed by atoms with Crippen molar-refractivity contribution < 1.29 is 18.3 Å². The summed E-state index contributed by atoms with van der Waals surface area (Å²) in [5, 5.41) is 14.4. The maximum Gasteiger partial charge on any atom is 0.175 e. The molecular weight excluding hydrogens is 314 g/mol. The highest BCUT2D eigenvalue weighted by Crippen LogP contribution is 2.40. The quantitative estimate of drug-likeness (QED) is 0.889. The van der Waals surface area contributed by atoms with Gasteiger partial charge in [0.1, 0.15) is 18.0 Å². The van der Waals surface area contributed by atoms with Gasteiger partial charge >= 0.3 is 0 Å². The highest BCUT2D eigenvalue weighted by molar-refractivity contribution is 7.90. The van der Waals surface area contributed by atoms with E-state index in [1.165, 1.54) is 12.3 Å². The van der Waals surface area contributed by atoms with Gasteiger partial charge in [-0.1, -0.05) is 24.3 Å². The van der Waals surface area contributed by atoms with Crippen LogP contribution in [0.1, 0.15) is 16.7 Å². The Hall–Kier alpha value is -1.89. The molecule has 0 radical (unpaired) electrons. The van der Waals surface area contributed by atoms with Crippen LogP contribution in [0.15, 0.2) is 47.4 Å². The molecule has 0 saturated heterocycles. The van der Waals surface area contributed by atoms with Crippen molar-refractivity contribution in [2.75, 3.05) is 19.8 Å². The van der Waals surface area contributed by atoms with Gasteiger partial charge in [-0.05, 0) is 36.4 Å². The van der Waals surface area contributed by atoms with Gasteiger partial charge in [0.15, 0.2) is 9.84 Å². The van der Waals surface area contributed by atoms with E-state index in [1.54, 1.807) is 25.2 Å². The molecule has 1 atom stereocenters. The number of sulfone groups is 1. The highest BCUT2D eigenvalue weighted by Gasteiger charge is 2.38. The third kappa shape index (κ3) is 2.73. The van der Waals surface area contributed by atoms with E-state index in [9.17, 15) is 13.5 Å². The molecule has 0 fully saturated rings. The van der Waals surface area contributed by atoms with Gasteiger partial charge in [-0.2, -0.15) is 0 Å². The maximum atomic E-state index is 11.8. The van der Waals surface area contributed by atoms with Crippen molar-refractivity contribution in [3.8, 4) is 5.75 Å². The van der Waals surface area contributed by atoms with Crippen molar-refractivity contribution in [1.29, 1.82) is 0 Å². The van der Waals surface area contributed by atoms with Crippen molar-refractivity contribution in [2.45, 2.75) is 17.1 Å². The van der Waals surface area contributed by atoms with Crippen LogP contribution in [0, 0.1) is 0 Å². The second-order valence-electron chi connectivity index (χ2n) is 5.77. The molecule has 1 heterocycles. The first-order chi connectivity index (χ1) is 10.9. The van der Waals surface area contributed by atoms with Crippen molar-refractivity contribution in [3.63, 3.8) is 0 Å². The minimum absolute atomic E-state index is 0.210. The van der Waals surface area contributed by atoms with Crippen LogP contribution in [-0.4, -0.2) is 33.4 Å². The molecule has 23 heavy (non-hydrogen) atoms. The summed E-state index contributed by atoms with van der Waals surface area (Å²) in [6.07, 6.45) is 1.17. The second-order valence-corrected chi connectivity index (χ2v) is 7.78. The number of hydrogen-bond acceptors (Lipinski definition) is 5. The number of likely N-dealkylation sites (N-methyl/N-ethyl adjacent to an activating group) is 1. The number of rotatable bonds is 3. The Morgan fingerprint density at radius 2 is 1.96 bits per heavy atom. The molecule has 0 spiro atoms. The molecule has 5 nitrogen and oxygen atoms in total. The Bertz CT molecular complexity index is 847. The lowest BCUT2D eigenvalue weighted by Crippen LogP contribution is -2.38. The average Bonchev–Trinajstić information content (AvgIpc) is 2.63. The molecule has 2 aromatic carbocycles. The SMILES string of the molecule is CNCC1(O)c2ccc(S(C)(=O)=O)cc2COc2ccccc21. The number of ether oxygens (including phenoxy) is 1. The molecule has 0 aromatic heterocycles. The van der Waals surface area contributed by atoms with Crippen LogP contribution in [0.5, 0.6) is 5.75 Å². The summed E-state index contributed by atoms with van der Waals surface area (Å²) >= 11 is 0. The van der Waals surface area contributed by atoms with Gasteiger partial charge in [0.2, 0.25) is 0 Å². The fourth-order valence-corrected chi connectivity index (χ4v) is 3.68. The third-order valence-corrected chi connectivity index (χ3v) is 5.21. The lowest BCUT2D eigenvalue weighted by molar-refractivity contribution is 0.0815. The van der Waals surface area contributed by atoms with E-state index in [1.807, 2.05) is 18.2 Å². The summed E-state index contributed by atoms with van der Waals surface area (Å²) < 4.78 is 29.4. The number of fused-ring (bicyclic) bond motifs is 2. The van der Waals surface area contributed by atoms with E-state index in [0.717, 1.165) is 0 Å². The van der Waals surface area contributed by atoms with Gasteiger partial charge in [-0.3, -0.25) is 0 Å². The summed E-state index contributed by atoms with van der Waals surface area (Å²) in [5.41, 5.74) is 0.707. The van der Waals surface area contributed by atoms with Crippen molar-refractivity contribution in [3.05, 3.63) is 59.2 Å². The van der Waals surface area contributed by atoms with Gasteiger partial charge in [-0.15, -0.1) is 0 Å². The van der Waals surface area contributed by atoms with Crippen LogP contribution in [0.25, 0.3) is 0 Å². The number of benzene rings is 2. The van der Waals surface area contributed by atoms with Crippen molar-refractivity contribution in [1.82, 2.24) is 5.32 Å². The minimum Gasteiger partial charge on any atom is -0.488 e. The Morgan fingerprint density at radius 1 is 1.22 bits per heavy atom. The molecule has 6 heteroatoms. The summed E-state index contributed by atoms with van der Waals surface area (Å²) in [7, 11) is -1.56. The molecule has 122 valence electrons. The van der Waals surface area contributed by atoms with Gasteiger partial charge in [0.25, 0.3) is 0 Å².